The molecule has 2 aromatic carbocycles. The van der Waals surface area contributed by atoms with Gasteiger partial charge >= 0.3 is 0 Å². The average Bonchev–Trinajstić information content (AvgIpc) is 3.26. The van der Waals surface area contributed by atoms with Crippen LogP contribution in [0.15, 0.2) is 70.1 Å². The molecule has 0 amide bonds. The molecule has 1 aromatic heterocycles. The highest BCUT2D eigenvalue weighted by atomic mass is 16.4. The van der Waals surface area contributed by atoms with Gasteiger partial charge in [-0.2, -0.15) is 5.26 Å². The lowest BCUT2D eigenvalue weighted by molar-refractivity contribution is 0.133. The van der Waals surface area contributed by atoms with Crippen LogP contribution in [-0.4, -0.2) is 23.8 Å². The van der Waals surface area contributed by atoms with E-state index in [-0.39, 0.29) is 0 Å². The maximum atomic E-state index is 10.1. The number of nitrogens with zero attached hydrogens (tertiary/aromatic N) is 3. The van der Waals surface area contributed by atoms with Gasteiger partial charge in [-0.15, -0.1) is 0 Å². The molecule has 32 heavy (non-hydrogen) atoms. The van der Waals surface area contributed by atoms with E-state index in [1.54, 1.807) is 0 Å². The summed E-state index contributed by atoms with van der Waals surface area (Å²) in [6.07, 6.45) is 5.53. The molecule has 2 unspecified atom stereocenters. The van der Waals surface area contributed by atoms with Crippen LogP contribution in [0.4, 0.5) is 5.88 Å². The van der Waals surface area contributed by atoms with E-state index in [1.165, 1.54) is 19.3 Å². The summed E-state index contributed by atoms with van der Waals surface area (Å²) in [7, 11) is 0. The molecule has 0 radical (unpaired) electrons. The normalized spacial score (nSPS) is 24.1. The van der Waals surface area contributed by atoms with Crippen LogP contribution in [0.1, 0.15) is 45.6 Å². The van der Waals surface area contributed by atoms with E-state index < -0.39 is 0 Å². The standard InChI is InChI=1S/C28H29N3O/c1-27(2)14-22-15-28(3,17-27)18-31(22)19-30-26-23(16-29)24(20-10-6-4-7-11-20)25(32-26)21-12-8-5-9-13-21/h4-13,19,22H,14-15,17-18H2,1-3H3/b30-19+. The van der Waals surface area contributed by atoms with E-state index >= 15 is 0 Å². The molecule has 3 aromatic rings. The van der Waals surface area contributed by atoms with Crippen molar-refractivity contribution < 1.29 is 4.42 Å². The molecule has 2 aliphatic rings. The van der Waals surface area contributed by atoms with Crippen LogP contribution < -0.4 is 0 Å². The van der Waals surface area contributed by atoms with Gasteiger partial charge in [0.25, 0.3) is 0 Å². The Kier molecular flexibility index (Phi) is 4.93. The highest BCUT2D eigenvalue weighted by Gasteiger charge is 2.48. The Morgan fingerprint density at radius 2 is 1.66 bits per heavy atom. The smallest absolute Gasteiger partial charge is 0.239 e. The first kappa shape index (κ1) is 20.6. The van der Waals surface area contributed by atoms with Gasteiger partial charge in [0.05, 0.1) is 6.34 Å². The number of hydrogen-bond acceptors (Lipinski definition) is 3. The van der Waals surface area contributed by atoms with Crippen LogP contribution in [0.5, 0.6) is 0 Å². The topological polar surface area (TPSA) is 52.5 Å². The van der Waals surface area contributed by atoms with Crippen LogP contribution >= 0.6 is 0 Å². The minimum atomic E-state index is 0.323. The third-order valence-corrected chi connectivity index (χ3v) is 6.88. The summed E-state index contributed by atoms with van der Waals surface area (Å²) in [6.45, 7) is 8.14. The summed E-state index contributed by atoms with van der Waals surface area (Å²) in [6, 6.07) is 22.8. The van der Waals surface area contributed by atoms with E-state index in [4.69, 9.17) is 9.41 Å². The molecule has 4 heteroatoms. The third-order valence-electron chi connectivity index (χ3n) is 6.88. The van der Waals surface area contributed by atoms with Gasteiger partial charge in [-0.25, -0.2) is 4.99 Å². The fourth-order valence-corrected chi connectivity index (χ4v) is 6.05. The molecule has 1 aliphatic heterocycles. The molecule has 5 rings (SSSR count). The Hall–Kier alpha value is -3.32. The van der Waals surface area contributed by atoms with Gasteiger partial charge in [0.2, 0.25) is 5.88 Å². The summed E-state index contributed by atoms with van der Waals surface area (Å²) in [5, 5.41) is 10.1. The van der Waals surface area contributed by atoms with E-state index in [0.29, 0.717) is 34.1 Å². The van der Waals surface area contributed by atoms with E-state index in [9.17, 15) is 5.26 Å². The maximum absolute atomic E-state index is 10.1. The molecule has 1 saturated carbocycles. The largest absolute Gasteiger partial charge is 0.436 e. The number of aliphatic imine (C=N–C) groups is 1. The highest BCUT2D eigenvalue weighted by Crippen LogP contribution is 2.52. The van der Waals surface area contributed by atoms with Crippen molar-refractivity contribution in [3.05, 3.63) is 66.2 Å². The van der Waals surface area contributed by atoms with Crippen molar-refractivity contribution in [1.29, 1.82) is 5.26 Å². The van der Waals surface area contributed by atoms with Gasteiger partial charge in [-0.3, -0.25) is 0 Å². The zero-order valence-corrected chi connectivity index (χ0v) is 19.0. The second-order valence-electron chi connectivity index (χ2n) is 10.5. The van der Waals surface area contributed by atoms with E-state index in [2.05, 4.69) is 31.7 Å². The molecule has 162 valence electrons. The summed E-state index contributed by atoms with van der Waals surface area (Å²) in [4.78, 5) is 7.11. The average molecular weight is 424 g/mol. The molecule has 4 nitrogen and oxygen atoms in total. The lowest BCUT2D eigenvalue weighted by Crippen LogP contribution is -2.34. The first-order chi connectivity index (χ1) is 15.4. The Morgan fingerprint density at radius 1 is 1.00 bits per heavy atom. The first-order valence-electron chi connectivity index (χ1n) is 11.4. The Labute approximate surface area is 190 Å². The zero-order valence-electron chi connectivity index (χ0n) is 19.0. The minimum absolute atomic E-state index is 0.323. The minimum Gasteiger partial charge on any atom is -0.436 e. The Morgan fingerprint density at radius 3 is 2.31 bits per heavy atom. The Balaban J connectivity index is 1.56. The van der Waals surface area contributed by atoms with Gasteiger partial charge in [0.15, 0.2) is 0 Å². The number of nitriles is 1. The van der Waals surface area contributed by atoms with E-state index in [0.717, 1.165) is 23.2 Å². The first-order valence-corrected chi connectivity index (χ1v) is 11.4. The van der Waals surface area contributed by atoms with Gasteiger partial charge < -0.3 is 9.32 Å². The summed E-state index contributed by atoms with van der Waals surface area (Å²) in [5.74, 6) is 1.07. The van der Waals surface area contributed by atoms with Crippen molar-refractivity contribution in [1.82, 2.24) is 4.90 Å². The van der Waals surface area contributed by atoms with Crippen LogP contribution in [0, 0.1) is 22.2 Å². The number of hydrogen-bond donors (Lipinski definition) is 0. The maximum Gasteiger partial charge on any atom is 0.239 e. The van der Waals surface area contributed by atoms with Crippen molar-refractivity contribution in [3.63, 3.8) is 0 Å². The van der Waals surface area contributed by atoms with Gasteiger partial charge in [-0.05, 0) is 35.7 Å². The molecule has 1 aliphatic carbocycles. The zero-order chi connectivity index (χ0) is 22.3. The van der Waals surface area contributed by atoms with E-state index in [1.807, 2.05) is 67.0 Å². The van der Waals surface area contributed by atoms with Crippen molar-refractivity contribution in [2.45, 2.75) is 46.1 Å². The molecule has 1 saturated heterocycles. The molecule has 2 bridgehead atoms. The number of furan rings is 1. The fourth-order valence-electron chi connectivity index (χ4n) is 6.05. The third kappa shape index (κ3) is 3.73. The molecule has 2 heterocycles. The number of likely N-dealkylation sites (tertiary alicyclic amines) is 1. The molecule has 0 spiro atoms. The lowest BCUT2D eigenvalue weighted by atomic mass is 9.65. The molecule has 0 N–H and O–H groups in total. The second kappa shape index (κ2) is 7.67. The van der Waals surface area contributed by atoms with Crippen molar-refractivity contribution in [2.75, 3.05) is 6.54 Å². The number of benzene rings is 2. The molecular formula is C28H29N3O. The van der Waals surface area contributed by atoms with Gasteiger partial charge in [0, 0.05) is 23.7 Å². The SMILES string of the molecule is CC1(C)CC2CC(C)(CN2/C=N/c2oc(-c3ccccc3)c(-c3ccccc3)c2C#N)C1. The van der Waals surface area contributed by atoms with Crippen LogP contribution in [-0.2, 0) is 0 Å². The molecule has 2 atom stereocenters. The predicted molar refractivity (Wildman–Crippen MR) is 129 cm³/mol. The predicted octanol–water partition coefficient (Wildman–Crippen LogP) is 7.05. The summed E-state index contributed by atoms with van der Waals surface area (Å²) < 4.78 is 6.27. The van der Waals surface area contributed by atoms with Crippen LogP contribution in [0.3, 0.4) is 0 Å². The lowest BCUT2D eigenvalue weighted by Gasteiger charge is -2.39. The quantitative estimate of drug-likeness (QED) is 0.334. The van der Waals surface area contributed by atoms with Crippen molar-refractivity contribution >= 4 is 12.2 Å². The van der Waals surface area contributed by atoms with Crippen molar-refractivity contribution in [3.8, 4) is 28.5 Å². The summed E-state index contributed by atoms with van der Waals surface area (Å²) >= 11 is 0. The van der Waals surface area contributed by atoms with Gasteiger partial charge in [-0.1, -0.05) is 81.4 Å². The van der Waals surface area contributed by atoms with Crippen LogP contribution in [0.2, 0.25) is 0 Å². The number of fused-ring (bicyclic) bond motifs is 2. The van der Waals surface area contributed by atoms with Crippen LogP contribution in [0.25, 0.3) is 22.5 Å². The number of rotatable bonds is 4. The fraction of sp³-hybridized carbons (Fsp3) is 0.357. The second-order valence-corrected chi connectivity index (χ2v) is 10.5. The molecule has 2 fully saturated rings. The Bertz CT molecular complexity index is 1190. The molecular weight excluding hydrogens is 394 g/mol. The highest BCUT2D eigenvalue weighted by molar-refractivity contribution is 5.88. The monoisotopic (exact) mass is 423 g/mol. The summed E-state index contributed by atoms with van der Waals surface area (Å²) in [5.41, 5.74) is 3.86. The van der Waals surface area contributed by atoms with Gasteiger partial charge in [0.1, 0.15) is 17.4 Å². The van der Waals surface area contributed by atoms with Crippen molar-refractivity contribution in [2.24, 2.45) is 15.8 Å².